The molecular formula is C27H23ClN2O5S2. The maximum atomic E-state index is 13.8. The summed E-state index contributed by atoms with van der Waals surface area (Å²) >= 11 is 8.97. The van der Waals surface area contributed by atoms with Crippen molar-refractivity contribution < 1.29 is 19.1 Å². The molecule has 37 heavy (non-hydrogen) atoms. The summed E-state index contributed by atoms with van der Waals surface area (Å²) in [6.07, 6.45) is 0.840. The molecular weight excluding hydrogens is 532 g/mol. The van der Waals surface area contributed by atoms with Gasteiger partial charge in [0, 0.05) is 21.1 Å². The van der Waals surface area contributed by atoms with E-state index < -0.39 is 0 Å². The number of anilines is 1. The Morgan fingerprint density at radius 2 is 1.65 bits per heavy atom. The number of thioether (sulfide) groups is 1. The van der Waals surface area contributed by atoms with E-state index in [1.165, 1.54) is 16.2 Å². The predicted octanol–water partition coefficient (Wildman–Crippen LogP) is 4.78. The third-order valence-corrected chi connectivity index (χ3v) is 11.4. The molecule has 2 bridgehead atoms. The summed E-state index contributed by atoms with van der Waals surface area (Å²) in [4.78, 5) is 45.3. The van der Waals surface area contributed by atoms with E-state index in [2.05, 4.69) is 4.98 Å². The van der Waals surface area contributed by atoms with Gasteiger partial charge in [-0.3, -0.25) is 19.3 Å². The first kappa shape index (κ1) is 23.4. The Morgan fingerprint density at radius 1 is 0.946 bits per heavy atom. The largest absolute Gasteiger partial charge is 0.493 e. The van der Waals surface area contributed by atoms with Gasteiger partial charge in [-0.2, -0.15) is 0 Å². The number of benzene rings is 2. The number of H-pyrrole nitrogens is 1. The molecule has 10 heteroatoms. The highest BCUT2D eigenvalue weighted by Crippen LogP contribution is 2.68. The van der Waals surface area contributed by atoms with Gasteiger partial charge in [0.05, 0.1) is 36.8 Å². The molecule has 7 rings (SSSR count). The molecule has 4 aliphatic rings. The van der Waals surface area contributed by atoms with Crippen molar-refractivity contribution >= 4 is 52.2 Å². The van der Waals surface area contributed by atoms with Gasteiger partial charge in [0.2, 0.25) is 11.8 Å². The van der Waals surface area contributed by atoms with Crippen LogP contribution in [0.25, 0.3) is 0 Å². The summed E-state index contributed by atoms with van der Waals surface area (Å²) < 4.78 is 11.0. The van der Waals surface area contributed by atoms with Crippen molar-refractivity contribution in [1.29, 1.82) is 0 Å². The molecule has 0 unspecified atom stereocenters. The van der Waals surface area contributed by atoms with E-state index in [9.17, 15) is 14.4 Å². The zero-order valence-corrected chi connectivity index (χ0v) is 22.4. The standard InChI is InChI=1S/C27H23ClN2O5S2/c1-34-16-8-3-11(9-17(16)35-2)18-19-14-10-15(22(19)36-24-23(18)37-27(33)29-24)21-20(14)25(31)30(26(21)32)13-6-4-12(28)5-7-13/h3-9,14-15,18-22H,10H2,1-2H3,(H,29,33)/t14-,15-,18+,19+,20+,21+,22-/m1/s1. The first-order chi connectivity index (χ1) is 17.9. The number of amides is 2. The molecule has 2 aromatic carbocycles. The third kappa shape index (κ3) is 3.23. The zero-order valence-electron chi connectivity index (χ0n) is 20.0. The molecule has 2 saturated carbocycles. The van der Waals surface area contributed by atoms with Crippen LogP contribution in [0.2, 0.25) is 5.02 Å². The molecule has 1 N–H and O–H groups in total. The smallest absolute Gasteiger partial charge is 0.305 e. The van der Waals surface area contributed by atoms with Gasteiger partial charge in [0.25, 0.3) is 0 Å². The number of aromatic nitrogens is 1. The topological polar surface area (TPSA) is 88.7 Å². The lowest BCUT2D eigenvalue weighted by Crippen LogP contribution is -2.42. The number of thiazole rings is 1. The lowest BCUT2D eigenvalue weighted by atomic mass is 9.68. The monoisotopic (exact) mass is 554 g/mol. The van der Waals surface area contributed by atoms with Gasteiger partial charge >= 0.3 is 4.87 Å². The van der Waals surface area contributed by atoms with Crippen molar-refractivity contribution in [3.05, 3.63) is 67.6 Å². The van der Waals surface area contributed by atoms with Crippen molar-refractivity contribution in [1.82, 2.24) is 4.98 Å². The van der Waals surface area contributed by atoms with E-state index in [4.69, 9.17) is 21.1 Å². The predicted molar refractivity (Wildman–Crippen MR) is 142 cm³/mol. The molecule has 1 aromatic heterocycles. The molecule has 3 fully saturated rings. The van der Waals surface area contributed by atoms with Gasteiger partial charge in [0.15, 0.2) is 11.5 Å². The summed E-state index contributed by atoms with van der Waals surface area (Å²) in [6, 6.07) is 12.8. The van der Waals surface area contributed by atoms with E-state index in [-0.39, 0.29) is 57.4 Å². The van der Waals surface area contributed by atoms with Crippen molar-refractivity contribution in [3.8, 4) is 11.5 Å². The number of carbonyl (C=O) groups is 2. The Labute approximate surface area is 226 Å². The van der Waals surface area contributed by atoms with E-state index in [0.29, 0.717) is 22.2 Å². The van der Waals surface area contributed by atoms with Crippen LogP contribution in [0.1, 0.15) is 22.8 Å². The number of carbonyl (C=O) groups excluding carboxylic acids is 2. The van der Waals surface area contributed by atoms with Crippen LogP contribution < -0.4 is 19.2 Å². The van der Waals surface area contributed by atoms with Crippen molar-refractivity contribution in [2.75, 3.05) is 19.1 Å². The molecule has 190 valence electrons. The summed E-state index contributed by atoms with van der Waals surface area (Å²) in [7, 11) is 3.21. The maximum Gasteiger partial charge on any atom is 0.305 e. The second-order valence-electron chi connectivity index (χ2n) is 10.1. The fourth-order valence-corrected chi connectivity index (χ4v) is 10.3. The summed E-state index contributed by atoms with van der Waals surface area (Å²) in [5.41, 5.74) is 1.60. The molecule has 7 nitrogen and oxygen atoms in total. The molecule has 2 aliphatic carbocycles. The number of ether oxygens (including phenoxy) is 2. The number of hydrogen-bond donors (Lipinski definition) is 1. The van der Waals surface area contributed by atoms with Crippen LogP contribution in [0.15, 0.2) is 52.3 Å². The number of nitrogens with one attached hydrogen (secondary N) is 1. The Balaban J connectivity index is 1.32. The Kier molecular flexibility index (Phi) is 5.29. The van der Waals surface area contributed by atoms with Gasteiger partial charge in [-0.05, 0) is 66.1 Å². The average Bonchev–Trinajstić information content (AvgIpc) is 3.63. The van der Waals surface area contributed by atoms with E-state index >= 15 is 0 Å². The lowest BCUT2D eigenvalue weighted by Gasteiger charge is -2.43. The van der Waals surface area contributed by atoms with E-state index in [1.807, 2.05) is 18.2 Å². The van der Waals surface area contributed by atoms with Crippen LogP contribution in [-0.4, -0.2) is 36.3 Å². The molecule has 3 heterocycles. The molecule has 2 amide bonds. The number of aromatic amines is 1. The highest BCUT2D eigenvalue weighted by molar-refractivity contribution is 8.00. The molecule has 2 aliphatic heterocycles. The zero-order chi connectivity index (χ0) is 25.6. The van der Waals surface area contributed by atoms with Crippen molar-refractivity contribution in [2.24, 2.45) is 29.6 Å². The number of rotatable bonds is 4. The highest BCUT2D eigenvalue weighted by atomic mass is 35.5. The Hall–Kier alpha value is -2.75. The van der Waals surface area contributed by atoms with E-state index in [1.54, 1.807) is 50.2 Å². The third-order valence-electron chi connectivity index (χ3n) is 8.58. The van der Waals surface area contributed by atoms with Crippen molar-refractivity contribution in [2.45, 2.75) is 22.6 Å². The van der Waals surface area contributed by atoms with Gasteiger partial charge in [-0.1, -0.05) is 29.0 Å². The normalized spacial score (nSPS) is 31.3. The molecule has 3 aromatic rings. The number of halogens is 1. The lowest BCUT2D eigenvalue weighted by molar-refractivity contribution is -0.123. The first-order valence-corrected chi connectivity index (χ1v) is 14.2. The van der Waals surface area contributed by atoms with Gasteiger partial charge < -0.3 is 14.5 Å². The quantitative estimate of drug-likeness (QED) is 0.467. The van der Waals surface area contributed by atoms with Crippen LogP contribution >= 0.6 is 34.7 Å². The fourth-order valence-electron chi connectivity index (χ4n) is 7.28. The van der Waals surface area contributed by atoms with Crippen LogP contribution in [0.4, 0.5) is 5.69 Å². The van der Waals surface area contributed by atoms with E-state index in [0.717, 1.165) is 21.9 Å². The number of fused-ring (bicyclic) bond motifs is 9. The highest BCUT2D eigenvalue weighted by Gasteiger charge is 2.69. The fraction of sp³-hybridized carbons (Fsp3) is 0.370. The van der Waals surface area contributed by atoms with Crippen molar-refractivity contribution in [3.63, 3.8) is 0 Å². The molecule has 0 radical (unpaired) electrons. The minimum atomic E-state index is -0.352. The SMILES string of the molecule is COc1ccc([C@@H]2c3sc(=O)[nH]c3S[C@@H]3[C@@H]4C[C@@H]([C@@H]5C(=O)N(c6ccc(Cl)cc6)C(=O)[C@@H]45)[C@@H]23)cc1OC. The number of nitrogens with zero attached hydrogens (tertiary/aromatic N) is 1. The average molecular weight is 555 g/mol. The molecule has 1 saturated heterocycles. The van der Waals surface area contributed by atoms with Gasteiger partial charge in [-0.25, -0.2) is 0 Å². The van der Waals surface area contributed by atoms with Crippen LogP contribution in [0, 0.1) is 29.6 Å². The number of imide groups is 1. The first-order valence-electron chi connectivity index (χ1n) is 12.2. The summed E-state index contributed by atoms with van der Waals surface area (Å²) in [6.45, 7) is 0. The molecule has 7 atom stereocenters. The Morgan fingerprint density at radius 3 is 2.35 bits per heavy atom. The second kappa shape index (κ2) is 8.38. The number of methoxy groups -OCH3 is 2. The van der Waals surface area contributed by atoms with Gasteiger partial charge in [-0.15, -0.1) is 11.8 Å². The van der Waals surface area contributed by atoms with Crippen LogP contribution in [0.5, 0.6) is 11.5 Å². The molecule has 0 spiro atoms. The minimum Gasteiger partial charge on any atom is -0.493 e. The van der Waals surface area contributed by atoms with Gasteiger partial charge in [0.1, 0.15) is 0 Å². The maximum absolute atomic E-state index is 13.8. The Bertz CT molecular complexity index is 1500. The summed E-state index contributed by atoms with van der Waals surface area (Å²) in [5.74, 6) is 0.504. The minimum absolute atomic E-state index is 0.0460. The number of hydrogen-bond acceptors (Lipinski definition) is 7. The van der Waals surface area contributed by atoms with Crippen LogP contribution in [0.3, 0.4) is 0 Å². The van der Waals surface area contributed by atoms with Crippen LogP contribution in [-0.2, 0) is 9.59 Å². The second-order valence-corrected chi connectivity index (χ2v) is 12.7. The summed E-state index contributed by atoms with van der Waals surface area (Å²) in [5, 5.41) is 1.57.